The number of hydrogen-bond acceptors (Lipinski definition) is 4. The summed E-state index contributed by atoms with van der Waals surface area (Å²) in [6.45, 7) is 7.97. The van der Waals surface area contributed by atoms with E-state index in [0.717, 1.165) is 12.8 Å². The summed E-state index contributed by atoms with van der Waals surface area (Å²) in [7, 11) is 3.86. The molecule has 1 atom stereocenters. The molecule has 0 bridgehead atoms. The fraction of sp³-hybridized carbons (Fsp3) is 0.684. The average Bonchev–Trinajstić information content (AvgIpc) is 3.14. The quantitative estimate of drug-likeness (QED) is 0.779. The van der Waals surface area contributed by atoms with E-state index in [0.29, 0.717) is 19.6 Å². The molecule has 0 radical (unpaired) electrons. The first-order valence-electron chi connectivity index (χ1n) is 9.09. The number of rotatable bonds is 6. The molecule has 1 aliphatic heterocycles. The molecule has 5 nitrogen and oxygen atoms in total. The van der Waals surface area contributed by atoms with Gasteiger partial charge in [-0.05, 0) is 52.1 Å². The molecule has 25 heavy (non-hydrogen) atoms. The highest BCUT2D eigenvalue weighted by molar-refractivity contribution is 7.10. The number of thiophene rings is 1. The SMILES string of the molecule is CC(c1cccs1)N(C)CC(=O)N1CCC(C(=O)N(C)C(C)C)CC1. The van der Waals surface area contributed by atoms with Crippen LogP contribution in [-0.4, -0.2) is 66.3 Å². The molecule has 0 saturated carbocycles. The van der Waals surface area contributed by atoms with Gasteiger partial charge < -0.3 is 9.80 Å². The molecule has 1 fully saturated rings. The predicted octanol–water partition coefficient (Wildman–Crippen LogP) is 2.85. The Labute approximate surface area is 155 Å². The van der Waals surface area contributed by atoms with E-state index in [1.54, 1.807) is 11.3 Å². The number of piperidine rings is 1. The van der Waals surface area contributed by atoms with E-state index in [1.165, 1.54) is 4.88 Å². The topological polar surface area (TPSA) is 43.9 Å². The minimum atomic E-state index is 0.0548. The van der Waals surface area contributed by atoms with E-state index in [-0.39, 0.29) is 29.8 Å². The summed E-state index contributed by atoms with van der Waals surface area (Å²) >= 11 is 1.72. The lowest BCUT2D eigenvalue weighted by molar-refractivity contribution is -0.141. The smallest absolute Gasteiger partial charge is 0.236 e. The molecule has 140 valence electrons. The van der Waals surface area contributed by atoms with Crippen molar-refractivity contribution < 1.29 is 9.59 Å². The first-order valence-corrected chi connectivity index (χ1v) is 9.97. The van der Waals surface area contributed by atoms with Gasteiger partial charge >= 0.3 is 0 Å². The van der Waals surface area contributed by atoms with Gasteiger partial charge in [-0.25, -0.2) is 0 Å². The summed E-state index contributed by atoms with van der Waals surface area (Å²) in [6.07, 6.45) is 1.54. The van der Waals surface area contributed by atoms with Crippen LogP contribution in [0.3, 0.4) is 0 Å². The second kappa shape index (κ2) is 8.81. The van der Waals surface area contributed by atoms with Gasteiger partial charge in [-0.1, -0.05) is 6.07 Å². The Bertz CT molecular complexity index is 565. The summed E-state index contributed by atoms with van der Waals surface area (Å²) in [5, 5.41) is 2.07. The maximum absolute atomic E-state index is 12.6. The van der Waals surface area contributed by atoms with Crippen LogP contribution in [0.25, 0.3) is 0 Å². The number of carbonyl (C=O) groups excluding carboxylic acids is 2. The molecular formula is C19H31N3O2S. The molecule has 2 amide bonds. The molecule has 1 aromatic rings. The maximum atomic E-state index is 12.6. The highest BCUT2D eigenvalue weighted by Crippen LogP contribution is 2.24. The number of hydrogen-bond donors (Lipinski definition) is 0. The third-order valence-electron chi connectivity index (χ3n) is 5.32. The molecule has 1 aliphatic rings. The van der Waals surface area contributed by atoms with Crippen LogP contribution in [0.1, 0.15) is 44.5 Å². The highest BCUT2D eigenvalue weighted by Gasteiger charge is 2.30. The zero-order valence-corrected chi connectivity index (χ0v) is 16.9. The molecule has 2 heterocycles. The molecule has 0 aromatic carbocycles. The lowest BCUT2D eigenvalue weighted by Gasteiger charge is -2.35. The van der Waals surface area contributed by atoms with Crippen LogP contribution >= 0.6 is 11.3 Å². The minimum Gasteiger partial charge on any atom is -0.343 e. The summed E-state index contributed by atoms with van der Waals surface area (Å²) in [4.78, 5) is 32.1. The number of amides is 2. The van der Waals surface area contributed by atoms with Crippen LogP contribution < -0.4 is 0 Å². The Hall–Kier alpha value is -1.40. The van der Waals surface area contributed by atoms with Crippen molar-refractivity contribution in [3.63, 3.8) is 0 Å². The normalized spacial score (nSPS) is 17.2. The summed E-state index contributed by atoms with van der Waals surface area (Å²) in [5.41, 5.74) is 0. The Balaban J connectivity index is 1.82. The molecule has 1 saturated heterocycles. The monoisotopic (exact) mass is 365 g/mol. The van der Waals surface area contributed by atoms with Gasteiger partial charge in [0.25, 0.3) is 0 Å². The van der Waals surface area contributed by atoms with Gasteiger partial charge in [0.15, 0.2) is 0 Å². The van der Waals surface area contributed by atoms with Gasteiger partial charge in [-0.2, -0.15) is 0 Å². The summed E-state index contributed by atoms with van der Waals surface area (Å²) in [5.74, 6) is 0.429. The third-order valence-corrected chi connectivity index (χ3v) is 6.36. The summed E-state index contributed by atoms with van der Waals surface area (Å²) < 4.78 is 0. The van der Waals surface area contributed by atoms with E-state index in [4.69, 9.17) is 0 Å². The van der Waals surface area contributed by atoms with Crippen molar-refractivity contribution in [1.82, 2.24) is 14.7 Å². The van der Waals surface area contributed by atoms with Crippen molar-refractivity contribution in [3.8, 4) is 0 Å². The zero-order chi connectivity index (χ0) is 18.6. The molecule has 6 heteroatoms. The molecule has 1 aromatic heterocycles. The Morgan fingerprint density at radius 2 is 1.88 bits per heavy atom. The fourth-order valence-corrected chi connectivity index (χ4v) is 3.96. The Morgan fingerprint density at radius 3 is 2.40 bits per heavy atom. The van der Waals surface area contributed by atoms with E-state index in [2.05, 4.69) is 23.3 Å². The first kappa shape index (κ1) is 19.9. The van der Waals surface area contributed by atoms with Gasteiger partial charge in [0.05, 0.1) is 6.54 Å². The molecule has 0 spiro atoms. The van der Waals surface area contributed by atoms with Crippen LogP contribution in [0.5, 0.6) is 0 Å². The summed E-state index contributed by atoms with van der Waals surface area (Å²) in [6, 6.07) is 4.61. The number of likely N-dealkylation sites (tertiary alicyclic amines) is 1. The highest BCUT2D eigenvalue weighted by atomic mass is 32.1. The van der Waals surface area contributed by atoms with Crippen molar-refractivity contribution in [2.75, 3.05) is 33.7 Å². The van der Waals surface area contributed by atoms with Gasteiger partial charge in [0, 0.05) is 43.0 Å². The second-order valence-electron chi connectivity index (χ2n) is 7.30. The first-order chi connectivity index (χ1) is 11.8. The van der Waals surface area contributed by atoms with E-state index in [9.17, 15) is 9.59 Å². The molecule has 0 N–H and O–H groups in total. The van der Waals surface area contributed by atoms with Crippen molar-refractivity contribution in [3.05, 3.63) is 22.4 Å². The molecule has 1 unspecified atom stereocenters. The number of nitrogens with zero attached hydrogens (tertiary/aromatic N) is 3. The lowest BCUT2D eigenvalue weighted by atomic mass is 9.95. The van der Waals surface area contributed by atoms with Crippen LogP contribution in [0, 0.1) is 5.92 Å². The zero-order valence-electron chi connectivity index (χ0n) is 16.1. The van der Waals surface area contributed by atoms with Crippen LogP contribution in [-0.2, 0) is 9.59 Å². The van der Waals surface area contributed by atoms with Gasteiger partial charge in [-0.15, -0.1) is 11.3 Å². The Morgan fingerprint density at radius 1 is 1.24 bits per heavy atom. The van der Waals surface area contributed by atoms with Gasteiger partial charge in [0.1, 0.15) is 0 Å². The van der Waals surface area contributed by atoms with E-state index in [1.807, 2.05) is 43.8 Å². The van der Waals surface area contributed by atoms with E-state index < -0.39 is 0 Å². The second-order valence-corrected chi connectivity index (χ2v) is 8.28. The number of likely N-dealkylation sites (N-methyl/N-ethyl adjacent to an activating group) is 1. The van der Waals surface area contributed by atoms with Gasteiger partial charge in [0.2, 0.25) is 11.8 Å². The molecular weight excluding hydrogens is 334 g/mol. The molecule has 0 aliphatic carbocycles. The predicted molar refractivity (Wildman–Crippen MR) is 103 cm³/mol. The third kappa shape index (κ3) is 5.05. The Kier molecular flexibility index (Phi) is 7.02. The van der Waals surface area contributed by atoms with Crippen molar-refractivity contribution in [2.45, 2.75) is 45.7 Å². The van der Waals surface area contributed by atoms with Crippen molar-refractivity contribution in [1.29, 1.82) is 0 Å². The largest absolute Gasteiger partial charge is 0.343 e. The van der Waals surface area contributed by atoms with Gasteiger partial charge in [-0.3, -0.25) is 14.5 Å². The number of carbonyl (C=O) groups is 2. The lowest BCUT2D eigenvalue weighted by Crippen LogP contribution is -2.47. The fourth-order valence-electron chi connectivity index (χ4n) is 3.11. The minimum absolute atomic E-state index is 0.0548. The standard InChI is InChI=1S/C19H31N3O2S/c1-14(2)21(5)19(24)16-8-10-22(11-9-16)18(23)13-20(4)15(3)17-7-6-12-25-17/h6-7,12,14-16H,8-11,13H2,1-5H3. The van der Waals surface area contributed by atoms with E-state index >= 15 is 0 Å². The van der Waals surface area contributed by atoms with Crippen molar-refractivity contribution in [2.24, 2.45) is 5.92 Å². The van der Waals surface area contributed by atoms with Crippen LogP contribution in [0.2, 0.25) is 0 Å². The van der Waals surface area contributed by atoms with Crippen molar-refractivity contribution >= 4 is 23.2 Å². The maximum Gasteiger partial charge on any atom is 0.236 e. The van der Waals surface area contributed by atoms with Crippen LogP contribution in [0.15, 0.2) is 17.5 Å². The van der Waals surface area contributed by atoms with Crippen LogP contribution in [0.4, 0.5) is 0 Å². The average molecular weight is 366 g/mol. The molecule has 2 rings (SSSR count).